The maximum atomic E-state index is 13.5. The van der Waals surface area contributed by atoms with Gasteiger partial charge in [-0.1, -0.05) is 28.1 Å². The van der Waals surface area contributed by atoms with Crippen molar-refractivity contribution in [1.82, 2.24) is 0 Å². The summed E-state index contributed by atoms with van der Waals surface area (Å²) >= 11 is 3.19. The number of hydrogen-bond acceptors (Lipinski definition) is 2. The zero-order chi connectivity index (χ0) is 14.0. The van der Waals surface area contributed by atoms with Crippen LogP contribution in [0.4, 0.5) is 8.78 Å². The minimum Gasteiger partial charge on any atom is -0.494 e. The summed E-state index contributed by atoms with van der Waals surface area (Å²) in [7, 11) is 1.35. The smallest absolute Gasteiger partial charge is 0.166 e. The molecule has 1 unspecified atom stereocenters. The Morgan fingerprint density at radius 1 is 1.16 bits per heavy atom. The van der Waals surface area contributed by atoms with Gasteiger partial charge < -0.3 is 9.84 Å². The fourth-order valence-corrected chi connectivity index (χ4v) is 2.27. The molecule has 0 aliphatic rings. The van der Waals surface area contributed by atoms with E-state index in [2.05, 4.69) is 15.9 Å². The molecule has 2 aromatic rings. The molecule has 0 bridgehead atoms. The molecule has 0 amide bonds. The molecule has 0 spiro atoms. The van der Waals surface area contributed by atoms with E-state index in [4.69, 9.17) is 4.74 Å². The Kier molecular flexibility index (Phi) is 4.17. The van der Waals surface area contributed by atoms with Crippen LogP contribution in [0.25, 0.3) is 0 Å². The molecule has 2 rings (SSSR count). The van der Waals surface area contributed by atoms with E-state index in [1.54, 1.807) is 0 Å². The molecule has 0 aliphatic carbocycles. The fraction of sp³-hybridized carbons (Fsp3) is 0.143. The van der Waals surface area contributed by atoms with Gasteiger partial charge in [0.05, 0.1) is 7.11 Å². The second-order valence-corrected chi connectivity index (χ2v) is 4.82. The van der Waals surface area contributed by atoms with Crippen molar-refractivity contribution in [2.24, 2.45) is 0 Å². The van der Waals surface area contributed by atoms with E-state index in [-0.39, 0.29) is 11.6 Å². The van der Waals surface area contributed by atoms with E-state index in [9.17, 15) is 13.9 Å². The monoisotopic (exact) mass is 328 g/mol. The number of halogens is 3. The van der Waals surface area contributed by atoms with Crippen LogP contribution in [0.5, 0.6) is 5.75 Å². The molecule has 2 aromatic carbocycles. The van der Waals surface area contributed by atoms with Gasteiger partial charge in [-0.05, 0) is 29.8 Å². The summed E-state index contributed by atoms with van der Waals surface area (Å²) in [6, 6.07) is 8.10. The van der Waals surface area contributed by atoms with E-state index < -0.39 is 11.9 Å². The number of aliphatic hydroxyl groups is 1. The van der Waals surface area contributed by atoms with Gasteiger partial charge >= 0.3 is 0 Å². The van der Waals surface area contributed by atoms with E-state index in [0.717, 1.165) is 0 Å². The van der Waals surface area contributed by atoms with Crippen molar-refractivity contribution in [3.8, 4) is 5.75 Å². The predicted molar refractivity (Wildman–Crippen MR) is 71.1 cm³/mol. The lowest BCUT2D eigenvalue weighted by atomic mass is 10.0. The molecular formula is C14H11BrF2O2. The van der Waals surface area contributed by atoms with Crippen molar-refractivity contribution < 1.29 is 18.6 Å². The first-order valence-corrected chi connectivity index (χ1v) is 6.28. The summed E-state index contributed by atoms with van der Waals surface area (Å²) in [6.45, 7) is 0. The molecule has 1 atom stereocenters. The summed E-state index contributed by atoms with van der Waals surface area (Å²) in [4.78, 5) is 0. The van der Waals surface area contributed by atoms with Gasteiger partial charge in [0.2, 0.25) is 0 Å². The van der Waals surface area contributed by atoms with Gasteiger partial charge in [0.25, 0.3) is 0 Å². The first-order valence-electron chi connectivity index (χ1n) is 5.49. The Morgan fingerprint density at radius 3 is 2.37 bits per heavy atom. The summed E-state index contributed by atoms with van der Waals surface area (Å²) < 4.78 is 31.6. The molecule has 5 heteroatoms. The molecule has 19 heavy (non-hydrogen) atoms. The lowest BCUT2D eigenvalue weighted by Crippen LogP contribution is -2.02. The van der Waals surface area contributed by atoms with E-state index in [1.807, 2.05) is 0 Å². The van der Waals surface area contributed by atoms with Crippen LogP contribution in [-0.2, 0) is 0 Å². The predicted octanol–water partition coefficient (Wildman–Crippen LogP) is 3.82. The Hall–Kier alpha value is -1.46. The number of hydrogen-bond donors (Lipinski definition) is 1. The highest BCUT2D eigenvalue weighted by Crippen LogP contribution is 2.33. The Bertz CT molecular complexity index is 585. The van der Waals surface area contributed by atoms with Crippen LogP contribution in [-0.4, -0.2) is 12.2 Å². The maximum Gasteiger partial charge on any atom is 0.166 e. The van der Waals surface area contributed by atoms with Crippen molar-refractivity contribution >= 4 is 15.9 Å². The highest BCUT2D eigenvalue weighted by atomic mass is 79.9. The number of rotatable bonds is 3. The van der Waals surface area contributed by atoms with Gasteiger partial charge in [0.1, 0.15) is 11.9 Å². The summed E-state index contributed by atoms with van der Waals surface area (Å²) in [6.07, 6.45) is -0.996. The quantitative estimate of drug-likeness (QED) is 0.928. The Labute approximate surface area is 117 Å². The van der Waals surface area contributed by atoms with E-state index >= 15 is 0 Å². The van der Waals surface area contributed by atoms with Crippen LogP contribution >= 0.6 is 15.9 Å². The number of methoxy groups -OCH3 is 1. The van der Waals surface area contributed by atoms with Crippen LogP contribution in [0.15, 0.2) is 40.9 Å². The van der Waals surface area contributed by atoms with Crippen molar-refractivity contribution in [3.63, 3.8) is 0 Å². The first kappa shape index (κ1) is 14.0. The van der Waals surface area contributed by atoms with Crippen LogP contribution < -0.4 is 4.74 Å². The highest BCUT2D eigenvalue weighted by Gasteiger charge is 2.17. The molecule has 0 radical (unpaired) electrons. The molecule has 0 fully saturated rings. The van der Waals surface area contributed by atoms with Crippen LogP contribution in [0.2, 0.25) is 0 Å². The zero-order valence-electron chi connectivity index (χ0n) is 10.0. The number of benzene rings is 2. The largest absolute Gasteiger partial charge is 0.494 e. The summed E-state index contributed by atoms with van der Waals surface area (Å²) in [5.41, 5.74) is 0.959. The van der Waals surface area contributed by atoms with Gasteiger partial charge in [-0.3, -0.25) is 0 Å². The normalized spacial score (nSPS) is 12.3. The molecule has 0 saturated carbocycles. The Morgan fingerprint density at radius 2 is 1.79 bits per heavy atom. The lowest BCUT2D eigenvalue weighted by molar-refractivity contribution is 0.218. The molecule has 0 aliphatic heterocycles. The third-order valence-corrected chi connectivity index (χ3v) is 3.44. The molecule has 1 N–H and O–H groups in total. The summed E-state index contributed by atoms with van der Waals surface area (Å²) in [5.74, 6) is -0.865. The minimum atomic E-state index is -0.996. The topological polar surface area (TPSA) is 29.5 Å². The first-order chi connectivity index (χ1) is 9.02. The van der Waals surface area contributed by atoms with Gasteiger partial charge in [-0.2, -0.15) is 0 Å². The van der Waals surface area contributed by atoms with Crippen LogP contribution in [0.1, 0.15) is 17.2 Å². The second kappa shape index (κ2) is 5.67. The average molecular weight is 329 g/mol. The Balaban J connectivity index is 2.43. The number of ether oxygens (including phenoxy) is 1. The van der Waals surface area contributed by atoms with Crippen LogP contribution in [0, 0.1) is 11.6 Å². The highest BCUT2D eigenvalue weighted by molar-refractivity contribution is 9.10. The fourth-order valence-electron chi connectivity index (χ4n) is 1.74. The van der Waals surface area contributed by atoms with Gasteiger partial charge in [0, 0.05) is 10.0 Å². The van der Waals surface area contributed by atoms with Crippen molar-refractivity contribution in [2.75, 3.05) is 7.11 Å². The SMILES string of the molecule is COc1cc(C(O)c2ccc(F)cc2)c(Br)cc1F. The van der Waals surface area contributed by atoms with E-state index in [1.165, 1.54) is 43.5 Å². The maximum absolute atomic E-state index is 13.5. The minimum absolute atomic E-state index is 0.0411. The van der Waals surface area contributed by atoms with Gasteiger partial charge in [-0.15, -0.1) is 0 Å². The molecule has 100 valence electrons. The van der Waals surface area contributed by atoms with Crippen molar-refractivity contribution in [2.45, 2.75) is 6.10 Å². The third-order valence-electron chi connectivity index (χ3n) is 2.75. The molecule has 0 aromatic heterocycles. The van der Waals surface area contributed by atoms with E-state index in [0.29, 0.717) is 15.6 Å². The standard InChI is InChI=1S/C14H11BrF2O2/c1-19-13-6-10(11(15)7-12(13)17)14(18)8-2-4-9(16)5-3-8/h2-7,14,18H,1H3. The van der Waals surface area contributed by atoms with Crippen molar-refractivity contribution in [1.29, 1.82) is 0 Å². The molecular weight excluding hydrogens is 318 g/mol. The van der Waals surface area contributed by atoms with Gasteiger partial charge in [0.15, 0.2) is 11.6 Å². The zero-order valence-corrected chi connectivity index (χ0v) is 11.6. The van der Waals surface area contributed by atoms with Gasteiger partial charge in [-0.25, -0.2) is 8.78 Å². The third kappa shape index (κ3) is 2.93. The second-order valence-electron chi connectivity index (χ2n) is 3.96. The lowest BCUT2D eigenvalue weighted by Gasteiger charge is -2.15. The average Bonchev–Trinajstić information content (AvgIpc) is 2.39. The molecule has 0 saturated heterocycles. The molecule has 0 heterocycles. The van der Waals surface area contributed by atoms with Crippen molar-refractivity contribution in [3.05, 3.63) is 63.6 Å². The number of aliphatic hydroxyl groups excluding tert-OH is 1. The van der Waals surface area contributed by atoms with Crippen LogP contribution in [0.3, 0.4) is 0 Å². The molecule has 2 nitrogen and oxygen atoms in total. The summed E-state index contributed by atoms with van der Waals surface area (Å²) in [5, 5.41) is 10.2.